The van der Waals surface area contributed by atoms with Crippen LogP contribution in [-0.4, -0.2) is 23.5 Å². The molecule has 0 saturated heterocycles. The van der Waals surface area contributed by atoms with Gasteiger partial charge in [0.15, 0.2) is 0 Å². The van der Waals surface area contributed by atoms with E-state index in [4.69, 9.17) is 0 Å². The molecule has 0 bridgehead atoms. The van der Waals surface area contributed by atoms with E-state index in [-0.39, 0.29) is 18.4 Å². The molecular weight excluding hydrogens is 253 g/mol. The summed E-state index contributed by atoms with van der Waals surface area (Å²) in [4.78, 5) is 3.05. The summed E-state index contributed by atoms with van der Waals surface area (Å²) in [6.07, 6.45) is 2.37. The first-order valence-electron chi connectivity index (χ1n) is 6.22. The smallest absolute Gasteiger partial charge is 0.257 e. The lowest BCUT2D eigenvalue weighted by atomic mass is 10.1. The van der Waals surface area contributed by atoms with Crippen LogP contribution < -0.4 is 5.32 Å². The van der Waals surface area contributed by atoms with Crippen molar-refractivity contribution < 1.29 is 13.2 Å². The van der Waals surface area contributed by atoms with Crippen LogP contribution in [0.3, 0.4) is 0 Å². The third-order valence-corrected chi connectivity index (χ3v) is 3.02. The molecule has 2 nitrogen and oxygen atoms in total. The number of rotatable bonds is 5. The molecule has 1 aromatic carbocycles. The highest BCUT2D eigenvalue weighted by atomic mass is 19.3. The normalized spacial score (nSPS) is 13.9. The molecule has 104 valence electrons. The topological polar surface area (TPSA) is 27.8 Å². The molecule has 0 amide bonds. The van der Waals surface area contributed by atoms with Crippen molar-refractivity contribution >= 4 is 10.9 Å². The van der Waals surface area contributed by atoms with Crippen LogP contribution in [0.5, 0.6) is 0 Å². The maximum absolute atomic E-state index is 13.2. The maximum Gasteiger partial charge on any atom is 0.257 e. The van der Waals surface area contributed by atoms with Gasteiger partial charge in [0.2, 0.25) is 0 Å². The van der Waals surface area contributed by atoms with Gasteiger partial charge in [-0.2, -0.15) is 0 Å². The van der Waals surface area contributed by atoms with E-state index < -0.39 is 5.92 Å². The lowest BCUT2D eigenvalue weighted by molar-refractivity contribution is 0.0204. The Morgan fingerprint density at radius 1 is 1.37 bits per heavy atom. The number of aromatic nitrogens is 1. The Bertz CT molecular complexity index is 557. The Morgan fingerprint density at radius 3 is 2.79 bits per heavy atom. The second-order valence-electron chi connectivity index (χ2n) is 5.06. The second-order valence-corrected chi connectivity index (χ2v) is 5.06. The van der Waals surface area contributed by atoms with E-state index in [9.17, 15) is 13.2 Å². The van der Waals surface area contributed by atoms with Gasteiger partial charge in [-0.3, -0.25) is 0 Å². The van der Waals surface area contributed by atoms with Crippen LogP contribution >= 0.6 is 0 Å². The summed E-state index contributed by atoms with van der Waals surface area (Å²) >= 11 is 0. The van der Waals surface area contributed by atoms with Gasteiger partial charge < -0.3 is 10.3 Å². The summed E-state index contributed by atoms with van der Waals surface area (Å²) in [7, 11) is 0. The third kappa shape index (κ3) is 3.73. The van der Waals surface area contributed by atoms with Gasteiger partial charge in [0.25, 0.3) is 5.92 Å². The Kier molecular flexibility index (Phi) is 3.85. The van der Waals surface area contributed by atoms with Gasteiger partial charge in [0.1, 0.15) is 5.82 Å². The molecule has 5 heteroatoms. The first kappa shape index (κ1) is 13.9. The van der Waals surface area contributed by atoms with Crippen LogP contribution in [0.15, 0.2) is 24.4 Å². The highest BCUT2D eigenvalue weighted by molar-refractivity contribution is 5.83. The standard InChI is InChI=1S/C14H17F3N2/c1-9(19-8-14(2,16)17)5-10-7-18-13-4-3-11(15)6-12(10)13/h3-4,6-7,9,18-19H,5,8H2,1-2H3. The van der Waals surface area contributed by atoms with E-state index in [0.29, 0.717) is 6.42 Å². The van der Waals surface area contributed by atoms with E-state index in [0.717, 1.165) is 23.4 Å². The number of aromatic amines is 1. The minimum atomic E-state index is -2.72. The molecule has 1 unspecified atom stereocenters. The molecule has 0 radical (unpaired) electrons. The SMILES string of the molecule is CC(Cc1c[nH]c2ccc(F)cc12)NCC(C)(F)F. The van der Waals surface area contributed by atoms with Crippen LogP contribution in [0.1, 0.15) is 19.4 Å². The Morgan fingerprint density at radius 2 is 2.11 bits per heavy atom. The Hall–Kier alpha value is -1.49. The molecule has 19 heavy (non-hydrogen) atoms. The zero-order chi connectivity index (χ0) is 14.0. The summed E-state index contributed by atoms with van der Waals surface area (Å²) in [5.74, 6) is -3.02. The first-order chi connectivity index (χ1) is 8.85. The van der Waals surface area contributed by atoms with Gasteiger partial charge in [-0.05, 0) is 37.1 Å². The average molecular weight is 270 g/mol. The summed E-state index contributed by atoms with van der Waals surface area (Å²) in [6.45, 7) is 2.36. The summed E-state index contributed by atoms with van der Waals surface area (Å²) in [5.41, 5.74) is 1.78. The van der Waals surface area contributed by atoms with Crippen molar-refractivity contribution in [1.82, 2.24) is 10.3 Å². The average Bonchev–Trinajstić information content (AvgIpc) is 2.68. The quantitative estimate of drug-likeness (QED) is 0.855. The molecule has 2 N–H and O–H groups in total. The van der Waals surface area contributed by atoms with Crippen molar-refractivity contribution in [2.24, 2.45) is 0 Å². The number of hydrogen-bond acceptors (Lipinski definition) is 1. The number of hydrogen-bond donors (Lipinski definition) is 2. The molecule has 1 heterocycles. The van der Waals surface area contributed by atoms with Crippen molar-refractivity contribution in [3.05, 3.63) is 35.8 Å². The summed E-state index contributed by atoms with van der Waals surface area (Å²) in [5, 5.41) is 3.59. The van der Waals surface area contributed by atoms with Gasteiger partial charge in [-0.15, -0.1) is 0 Å². The van der Waals surface area contributed by atoms with Crippen LogP contribution in [0.25, 0.3) is 10.9 Å². The highest BCUT2D eigenvalue weighted by Crippen LogP contribution is 2.21. The van der Waals surface area contributed by atoms with Gasteiger partial charge >= 0.3 is 0 Å². The molecule has 0 fully saturated rings. The monoisotopic (exact) mass is 270 g/mol. The van der Waals surface area contributed by atoms with Crippen molar-refractivity contribution in [3.8, 4) is 0 Å². The lowest BCUT2D eigenvalue weighted by Crippen LogP contribution is -2.37. The summed E-state index contributed by atoms with van der Waals surface area (Å²) < 4.78 is 38.7. The van der Waals surface area contributed by atoms with Crippen LogP contribution in [0.4, 0.5) is 13.2 Å². The van der Waals surface area contributed by atoms with Crippen LogP contribution in [0.2, 0.25) is 0 Å². The van der Waals surface area contributed by atoms with Gasteiger partial charge in [-0.1, -0.05) is 0 Å². The number of fused-ring (bicyclic) bond motifs is 1. The zero-order valence-corrected chi connectivity index (χ0v) is 10.9. The van der Waals surface area contributed by atoms with Gasteiger partial charge in [-0.25, -0.2) is 13.2 Å². The third-order valence-electron chi connectivity index (χ3n) is 3.02. The molecule has 0 aliphatic heterocycles. The molecule has 0 aliphatic rings. The predicted octanol–water partition coefficient (Wildman–Crippen LogP) is 3.48. The Labute approximate surface area is 110 Å². The van der Waals surface area contributed by atoms with E-state index in [2.05, 4.69) is 10.3 Å². The molecule has 1 atom stereocenters. The molecule has 2 aromatic rings. The number of benzene rings is 1. The molecule has 2 rings (SSSR count). The number of alkyl halides is 2. The fourth-order valence-electron chi connectivity index (χ4n) is 2.07. The molecule has 1 aromatic heterocycles. The molecule has 0 aliphatic carbocycles. The van der Waals surface area contributed by atoms with Gasteiger partial charge in [0, 0.05) is 30.1 Å². The number of nitrogens with one attached hydrogen (secondary N) is 2. The molecule has 0 spiro atoms. The highest BCUT2D eigenvalue weighted by Gasteiger charge is 2.21. The fourth-order valence-corrected chi connectivity index (χ4v) is 2.07. The minimum absolute atomic E-state index is 0.104. The van der Waals surface area contributed by atoms with Crippen LogP contribution in [-0.2, 0) is 6.42 Å². The second kappa shape index (κ2) is 5.25. The number of H-pyrrole nitrogens is 1. The number of halogens is 3. The van der Waals surface area contributed by atoms with Crippen LogP contribution in [0, 0.1) is 5.82 Å². The van der Waals surface area contributed by atoms with E-state index in [1.165, 1.54) is 12.1 Å². The minimum Gasteiger partial charge on any atom is -0.361 e. The molecule has 0 saturated carbocycles. The largest absolute Gasteiger partial charge is 0.361 e. The maximum atomic E-state index is 13.2. The Balaban J connectivity index is 2.06. The van der Waals surface area contributed by atoms with Gasteiger partial charge in [0.05, 0.1) is 6.54 Å². The predicted molar refractivity (Wildman–Crippen MR) is 70.0 cm³/mol. The van der Waals surface area contributed by atoms with E-state index in [1.807, 2.05) is 6.92 Å². The van der Waals surface area contributed by atoms with E-state index >= 15 is 0 Å². The van der Waals surface area contributed by atoms with Crippen molar-refractivity contribution in [1.29, 1.82) is 0 Å². The first-order valence-corrected chi connectivity index (χ1v) is 6.22. The van der Waals surface area contributed by atoms with Crippen molar-refractivity contribution in [2.75, 3.05) is 6.54 Å². The molecular formula is C14H17F3N2. The zero-order valence-electron chi connectivity index (χ0n) is 10.9. The van der Waals surface area contributed by atoms with Crippen molar-refractivity contribution in [2.45, 2.75) is 32.2 Å². The van der Waals surface area contributed by atoms with E-state index in [1.54, 1.807) is 12.3 Å². The fraction of sp³-hybridized carbons (Fsp3) is 0.429. The summed E-state index contributed by atoms with van der Waals surface area (Å²) in [6, 6.07) is 4.42. The lowest BCUT2D eigenvalue weighted by Gasteiger charge is -2.17. The van der Waals surface area contributed by atoms with Crippen molar-refractivity contribution in [3.63, 3.8) is 0 Å².